The monoisotopic (exact) mass is 285 g/mol. The van der Waals surface area contributed by atoms with Crippen LogP contribution in [0, 0.1) is 0 Å². The first-order chi connectivity index (χ1) is 8.91. The van der Waals surface area contributed by atoms with Crippen LogP contribution in [0.1, 0.15) is 6.42 Å². The Balaban J connectivity index is 2.28. The summed E-state index contributed by atoms with van der Waals surface area (Å²) < 4.78 is 26.4. The molecule has 19 heavy (non-hydrogen) atoms. The van der Waals surface area contributed by atoms with Crippen LogP contribution in [0.5, 0.6) is 0 Å². The molecular weight excluding hydrogens is 266 g/mol. The van der Waals surface area contributed by atoms with E-state index in [2.05, 4.69) is 4.98 Å². The van der Waals surface area contributed by atoms with Crippen molar-refractivity contribution in [3.63, 3.8) is 0 Å². The molecule has 0 aromatic carbocycles. The van der Waals surface area contributed by atoms with E-state index in [0.717, 1.165) is 0 Å². The summed E-state index contributed by atoms with van der Waals surface area (Å²) in [5.41, 5.74) is 0. The zero-order valence-electron chi connectivity index (χ0n) is 11.1. The molecule has 0 amide bonds. The van der Waals surface area contributed by atoms with Crippen molar-refractivity contribution in [1.29, 1.82) is 0 Å². The molecule has 1 N–H and O–H groups in total. The van der Waals surface area contributed by atoms with Crippen LogP contribution >= 0.6 is 0 Å². The Hall–Kier alpha value is -1.02. The summed E-state index contributed by atoms with van der Waals surface area (Å²) in [5, 5.41) is 9.75. The molecule has 1 aliphatic rings. The van der Waals surface area contributed by atoms with Crippen molar-refractivity contribution >= 4 is 10.0 Å². The number of β-amino-alcohol motifs (C(OH)–C–C–N with tert-alkyl or cyclic N) is 1. The second-order valence-electron chi connectivity index (χ2n) is 5.07. The Labute approximate surface area is 113 Å². The van der Waals surface area contributed by atoms with Gasteiger partial charge in [-0.15, -0.1) is 0 Å². The minimum atomic E-state index is -3.58. The van der Waals surface area contributed by atoms with Gasteiger partial charge < -0.3 is 10.0 Å². The Morgan fingerprint density at radius 2 is 2.26 bits per heavy atom. The van der Waals surface area contributed by atoms with Crippen molar-refractivity contribution < 1.29 is 13.5 Å². The van der Waals surface area contributed by atoms with E-state index < -0.39 is 16.1 Å². The Kier molecular flexibility index (Phi) is 4.19. The van der Waals surface area contributed by atoms with Crippen molar-refractivity contribution in [1.82, 2.24) is 14.2 Å². The van der Waals surface area contributed by atoms with Crippen LogP contribution in [-0.4, -0.2) is 67.0 Å². The van der Waals surface area contributed by atoms with Crippen molar-refractivity contribution in [3.05, 3.63) is 24.5 Å². The number of nitrogens with zero attached hydrogens (tertiary/aromatic N) is 3. The van der Waals surface area contributed by atoms with Crippen molar-refractivity contribution in [2.75, 3.05) is 27.2 Å². The Morgan fingerprint density at radius 1 is 1.53 bits per heavy atom. The zero-order chi connectivity index (χ0) is 14.0. The highest BCUT2D eigenvalue weighted by atomic mass is 32.2. The van der Waals surface area contributed by atoms with Crippen LogP contribution in [0.3, 0.4) is 0 Å². The molecule has 1 aromatic rings. The summed E-state index contributed by atoms with van der Waals surface area (Å²) in [6.45, 7) is 0.742. The number of pyridine rings is 1. The van der Waals surface area contributed by atoms with Gasteiger partial charge in [0.25, 0.3) is 0 Å². The lowest BCUT2D eigenvalue weighted by molar-refractivity contribution is 0.188. The molecule has 7 heteroatoms. The average Bonchev–Trinajstić information content (AvgIpc) is 2.71. The lowest BCUT2D eigenvalue weighted by atomic mass is 10.2. The fourth-order valence-corrected chi connectivity index (χ4v) is 4.01. The quantitative estimate of drug-likeness (QED) is 0.827. The normalized spacial score (nSPS) is 25.1. The molecule has 0 aliphatic carbocycles. The molecule has 2 unspecified atom stereocenters. The average molecular weight is 285 g/mol. The second-order valence-corrected chi connectivity index (χ2v) is 6.96. The molecule has 1 saturated heterocycles. The highest BCUT2D eigenvalue weighted by Gasteiger charge is 2.39. The molecule has 2 heterocycles. The third-order valence-corrected chi connectivity index (χ3v) is 5.06. The van der Waals surface area contributed by atoms with Gasteiger partial charge in [0.05, 0.1) is 6.10 Å². The number of aliphatic hydroxyl groups excluding tert-OH is 1. The zero-order valence-corrected chi connectivity index (χ0v) is 11.9. The van der Waals surface area contributed by atoms with E-state index in [1.54, 1.807) is 6.07 Å². The molecule has 1 aromatic heterocycles. The van der Waals surface area contributed by atoms with Gasteiger partial charge in [-0.05, 0) is 32.6 Å². The molecule has 106 valence electrons. The van der Waals surface area contributed by atoms with E-state index in [4.69, 9.17) is 0 Å². The number of aromatic nitrogens is 1. The predicted octanol–water partition coefficient (Wildman–Crippen LogP) is -0.233. The highest BCUT2D eigenvalue weighted by molar-refractivity contribution is 7.89. The molecule has 2 rings (SSSR count). The number of hydrogen-bond donors (Lipinski definition) is 1. The first kappa shape index (κ1) is 14.4. The van der Waals surface area contributed by atoms with E-state index in [-0.39, 0.29) is 17.5 Å². The van der Waals surface area contributed by atoms with Gasteiger partial charge in [-0.25, -0.2) is 8.42 Å². The van der Waals surface area contributed by atoms with E-state index in [1.807, 2.05) is 19.0 Å². The second kappa shape index (κ2) is 5.54. The minimum Gasteiger partial charge on any atom is -0.392 e. The molecular formula is C12H19N3O3S. The van der Waals surface area contributed by atoms with Gasteiger partial charge in [-0.2, -0.15) is 4.31 Å². The number of hydrogen-bond acceptors (Lipinski definition) is 5. The summed E-state index contributed by atoms with van der Waals surface area (Å²) in [6, 6.07) is 2.93. The molecule has 6 nitrogen and oxygen atoms in total. The maximum Gasteiger partial charge on any atom is 0.244 e. The van der Waals surface area contributed by atoms with Crippen LogP contribution in [0.25, 0.3) is 0 Å². The van der Waals surface area contributed by atoms with Gasteiger partial charge in [0.2, 0.25) is 10.0 Å². The largest absolute Gasteiger partial charge is 0.392 e. The lowest BCUT2D eigenvalue weighted by Crippen LogP contribution is -2.41. The van der Waals surface area contributed by atoms with Gasteiger partial charge >= 0.3 is 0 Å². The summed E-state index contributed by atoms with van der Waals surface area (Å²) in [7, 11) is 0.195. The molecule has 1 aliphatic heterocycles. The van der Waals surface area contributed by atoms with Gasteiger partial charge in [0.1, 0.15) is 4.90 Å². The summed E-state index contributed by atoms with van der Waals surface area (Å²) in [5.74, 6) is 0. The smallest absolute Gasteiger partial charge is 0.244 e. The van der Waals surface area contributed by atoms with Crippen LogP contribution in [-0.2, 0) is 10.0 Å². The van der Waals surface area contributed by atoms with Gasteiger partial charge in [-0.3, -0.25) is 4.98 Å². The van der Waals surface area contributed by atoms with Crippen molar-refractivity contribution in [2.24, 2.45) is 0 Å². The molecule has 0 radical (unpaired) electrons. The minimum absolute atomic E-state index is 0.149. The number of rotatable bonds is 4. The van der Waals surface area contributed by atoms with Crippen molar-refractivity contribution in [3.8, 4) is 0 Å². The maximum atomic E-state index is 12.5. The number of aliphatic hydroxyl groups is 1. The van der Waals surface area contributed by atoms with Crippen LogP contribution in [0.2, 0.25) is 0 Å². The van der Waals surface area contributed by atoms with Crippen LogP contribution < -0.4 is 0 Å². The highest BCUT2D eigenvalue weighted by Crippen LogP contribution is 2.26. The van der Waals surface area contributed by atoms with E-state index in [0.29, 0.717) is 13.0 Å². The SMILES string of the molecule is CN(C)CC1CC(O)CN1S(=O)(=O)c1cccnc1. The van der Waals surface area contributed by atoms with Crippen molar-refractivity contribution in [2.45, 2.75) is 23.5 Å². The maximum absolute atomic E-state index is 12.5. The summed E-state index contributed by atoms with van der Waals surface area (Å²) in [4.78, 5) is 5.95. The van der Waals surface area contributed by atoms with Crippen LogP contribution in [0.15, 0.2) is 29.4 Å². The molecule has 0 saturated carbocycles. The number of sulfonamides is 1. The lowest BCUT2D eigenvalue weighted by Gasteiger charge is -2.25. The molecule has 1 fully saturated rings. The van der Waals surface area contributed by atoms with E-state index in [9.17, 15) is 13.5 Å². The van der Waals surface area contributed by atoms with Gasteiger partial charge in [0, 0.05) is 31.5 Å². The van der Waals surface area contributed by atoms with E-state index >= 15 is 0 Å². The van der Waals surface area contributed by atoms with Crippen LogP contribution in [0.4, 0.5) is 0 Å². The first-order valence-corrected chi connectivity index (χ1v) is 7.60. The topological polar surface area (TPSA) is 73.7 Å². The Morgan fingerprint density at radius 3 is 2.84 bits per heavy atom. The molecule has 0 spiro atoms. The third kappa shape index (κ3) is 3.11. The summed E-state index contributed by atoms with van der Waals surface area (Å²) in [6.07, 6.45) is 2.75. The predicted molar refractivity (Wildman–Crippen MR) is 71.1 cm³/mol. The fourth-order valence-electron chi connectivity index (χ4n) is 2.38. The summed E-state index contributed by atoms with van der Waals surface area (Å²) >= 11 is 0. The standard InChI is InChI=1S/C12H19N3O3S/c1-14(2)8-10-6-11(16)9-15(10)19(17,18)12-4-3-5-13-7-12/h3-5,7,10-11,16H,6,8-9H2,1-2H3. The molecule has 2 atom stereocenters. The van der Waals surface area contributed by atoms with E-state index in [1.165, 1.54) is 22.8 Å². The number of likely N-dealkylation sites (N-methyl/N-ethyl adjacent to an activating group) is 1. The fraction of sp³-hybridized carbons (Fsp3) is 0.583. The first-order valence-electron chi connectivity index (χ1n) is 6.16. The van der Waals surface area contributed by atoms with Gasteiger partial charge in [-0.1, -0.05) is 0 Å². The Bertz CT molecular complexity index is 518. The third-order valence-electron chi connectivity index (χ3n) is 3.16. The van der Waals surface area contributed by atoms with Gasteiger partial charge in [0.15, 0.2) is 0 Å². The molecule has 0 bridgehead atoms.